The van der Waals surface area contributed by atoms with Crippen LogP contribution in [0.5, 0.6) is 5.75 Å². The Bertz CT molecular complexity index is 398. The molecule has 0 aliphatic carbocycles. The predicted octanol–water partition coefficient (Wildman–Crippen LogP) is 4.41. The summed E-state index contributed by atoms with van der Waals surface area (Å²) in [6.07, 6.45) is 3.81. The zero-order valence-corrected chi connectivity index (χ0v) is 13.8. The van der Waals surface area contributed by atoms with Gasteiger partial charge in [0.2, 0.25) is 0 Å². The maximum atomic E-state index is 5.55. The van der Waals surface area contributed by atoms with E-state index in [0.29, 0.717) is 10.8 Å². The zero-order valence-electron chi connectivity index (χ0n) is 12.9. The van der Waals surface area contributed by atoms with Gasteiger partial charge < -0.3 is 10.1 Å². The van der Waals surface area contributed by atoms with Gasteiger partial charge >= 0.3 is 0 Å². The summed E-state index contributed by atoms with van der Waals surface area (Å²) in [5.41, 5.74) is 1.39. The lowest BCUT2D eigenvalue weighted by Crippen LogP contribution is -2.38. The van der Waals surface area contributed by atoms with Crippen LogP contribution in [-0.4, -0.2) is 23.7 Å². The summed E-state index contributed by atoms with van der Waals surface area (Å²) < 4.78 is 5.87. The molecule has 0 spiro atoms. The van der Waals surface area contributed by atoms with Crippen LogP contribution in [0.1, 0.15) is 51.6 Å². The Hall–Kier alpha value is -0.670. The Morgan fingerprint density at radius 3 is 2.60 bits per heavy atom. The smallest absolute Gasteiger partial charge is 0.119 e. The van der Waals surface area contributed by atoms with Crippen LogP contribution in [0.3, 0.4) is 0 Å². The molecular weight excluding hydrogens is 266 g/mol. The normalized spacial score (nSPS) is 23.8. The van der Waals surface area contributed by atoms with Gasteiger partial charge in [0, 0.05) is 10.8 Å². The number of nitrogens with one attached hydrogen (secondary N) is 1. The molecule has 0 bridgehead atoms. The summed E-state index contributed by atoms with van der Waals surface area (Å²) in [6, 6.07) is 9.08. The minimum atomic E-state index is 0.322. The quantitative estimate of drug-likeness (QED) is 0.804. The highest BCUT2D eigenvalue weighted by Crippen LogP contribution is 2.46. The van der Waals surface area contributed by atoms with E-state index >= 15 is 0 Å². The fourth-order valence-electron chi connectivity index (χ4n) is 2.93. The van der Waals surface area contributed by atoms with Crippen molar-refractivity contribution in [3.8, 4) is 5.75 Å². The van der Waals surface area contributed by atoms with E-state index in [0.717, 1.165) is 18.9 Å². The van der Waals surface area contributed by atoms with Gasteiger partial charge in [0.15, 0.2) is 0 Å². The van der Waals surface area contributed by atoms with E-state index in [-0.39, 0.29) is 0 Å². The van der Waals surface area contributed by atoms with Crippen molar-refractivity contribution >= 4 is 11.8 Å². The van der Waals surface area contributed by atoms with E-state index in [9.17, 15) is 0 Å². The maximum absolute atomic E-state index is 5.55. The van der Waals surface area contributed by atoms with Gasteiger partial charge in [0.25, 0.3) is 0 Å². The van der Waals surface area contributed by atoms with Crippen LogP contribution in [0.4, 0.5) is 0 Å². The fourth-order valence-corrected chi connectivity index (χ4v) is 4.36. The molecule has 2 unspecified atom stereocenters. The van der Waals surface area contributed by atoms with Gasteiger partial charge in [0.1, 0.15) is 5.75 Å². The van der Waals surface area contributed by atoms with E-state index < -0.39 is 0 Å². The summed E-state index contributed by atoms with van der Waals surface area (Å²) >= 11 is 2.12. The van der Waals surface area contributed by atoms with Crippen molar-refractivity contribution in [2.24, 2.45) is 0 Å². The Labute approximate surface area is 127 Å². The molecule has 0 saturated carbocycles. The van der Waals surface area contributed by atoms with Gasteiger partial charge in [0.05, 0.1) is 6.61 Å². The third-order valence-electron chi connectivity index (χ3n) is 3.98. The molecule has 3 heteroatoms. The fraction of sp³-hybridized carbons (Fsp3) is 0.647. The molecule has 0 amide bonds. The first kappa shape index (κ1) is 15.7. The molecule has 2 rings (SSSR count). The molecule has 20 heavy (non-hydrogen) atoms. The highest BCUT2D eigenvalue weighted by Gasteiger charge is 2.38. The molecule has 1 heterocycles. The highest BCUT2D eigenvalue weighted by atomic mass is 32.2. The Kier molecular flexibility index (Phi) is 5.79. The second-order valence-electron chi connectivity index (χ2n) is 5.65. The van der Waals surface area contributed by atoms with Crippen LogP contribution >= 0.6 is 11.8 Å². The van der Waals surface area contributed by atoms with Crippen LogP contribution in [0, 0.1) is 0 Å². The second kappa shape index (κ2) is 7.37. The lowest BCUT2D eigenvalue weighted by atomic mass is 9.90. The van der Waals surface area contributed by atoms with Crippen molar-refractivity contribution < 1.29 is 4.74 Å². The molecule has 2 nitrogen and oxygen atoms in total. The van der Waals surface area contributed by atoms with Crippen molar-refractivity contribution in [3.63, 3.8) is 0 Å². The Morgan fingerprint density at radius 2 is 2.05 bits per heavy atom. The first-order chi connectivity index (χ1) is 9.69. The highest BCUT2D eigenvalue weighted by molar-refractivity contribution is 8.00. The molecule has 0 aromatic heterocycles. The van der Waals surface area contributed by atoms with E-state index in [4.69, 9.17) is 4.74 Å². The molecular formula is C17H27NOS. The average Bonchev–Trinajstić information content (AvgIpc) is 2.89. The van der Waals surface area contributed by atoms with Crippen molar-refractivity contribution in [1.29, 1.82) is 0 Å². The topological polar surface area (TPSA) is 21.3 Å². The monoisotopic (exact) mass is 293 g/mol. The summed E-state index contributed by atoms with van der Waals surface area (Å²) in [5.74, 6) is 2.26. The minimum Gasteiger partial charge on any atom is -0.494 e. The van der Waals surface area contributed by atoms with E-state index in [1.54, 1.807) is 0 Å². The van der Waals surface area contributed by atoms with Gasteiger partial charge in [-0.3, -0.25) is 0 Å². The summed E-state index contributed by atoms with van der Waals surface area (Å²) in [5, 5.41) is 3.76. The molecule has 1 aliphatic heterocycles. The van der Waals surface area contributed by atoms with Crippen molar-refractivity contribution in [3.05, 3.63) is 29.8 Å². The van der Waals surface area contributed by atoms with Gasteiger partial charge in [-0.2, -0.15) is 11.8 Å². The molecule has 112 valence electrons. The third-order valence-corrected chi connectivity index (χ3v) is 5.57. The molecule has 1 aromatic rings. The number of hydrogen-bond acceptors (Lipinski definition) is 3. The van der Waals surface area contributed by atoms with Crippen LogP contribution in [-0.2, 0) is 0 Å². The Morgan fingerprint density at radius 1 is 1.30 bits per heavy atom. The summed E-state index contributed by atoms with van der Waals surface area (Å²) in [7, 11) is 0. The van der Waals surface area contributed by atoms with Gasteiger partial charge in [-0.05, 0) is 63.1 Å². The molecule has 1 aliphatic rings. The number of ether oxygens (including phenoxy) is 1. The van der Waals surface area contributed by atoms with E-state index in [2.05, 4.69) is 55.2 Å². The van der Waals surface area contributed by atoms with Crippen molar-refractivity contribution in [1.82, 2.24) is 5.32 Å². The predicted molar refractivity (Wildman–Crippen MR) is 88.7 cm³/mol. The van der Waals surface area contributed by atoms with E-state index in [1.807, 2.05) is 6.92 Å². The first-order valence-electron chi connectivity index (χ1n) is 7.79. The summed E-state index contributed by atoms with van der Waals surface area (Å²) in [4.78, 5) is 0. The zero-order chi connectivity index (χ0) is 14.4. The average molecular weight is 293 g/mol. The number of benzene rings is 1. The minimum absolute atomic E-state index is 0.322. The standard InChI is InChI=1S/C17H27NOS/c1-4-12-18-16(17(3)11-6-13-20-17)14-7-9-15(10-8-14)19-5-2/h7-10,16,18H,4-6,11-13H2,1-3H3. The lowest BCUT2D eigenvalue weighted by molar-refractivity contribution is 0.339. The van der Waals surface area contributed by atoms with Crippen molar-refractivity contribution in [2.45, 2.75) is 50.8 Å². The van der Waals surface area contributed by atoms with Gasteiger partial charge in [-0.1, -0.05) is 19.1 Å². The van der Waals surface area contributed by atoms with Crippen molar-refractivity contribution in [2.75, 3.05) is 18.9 Å². The lowest BCUT2D eigenvalue weighted by Gasteiger charge is -2.34. The maximum Gasteiger partial charge on any atom is 0.119 e. The van der Waals surface area contributed by atoms with Crippen LogP contribution < -0.4 is 10.1 Å². The molecule has 1 saturated heterocycles. The number of rotatable bonds is 7. The Balaban J connectivity index is 2.16. The largest absolute Gasteiger partial charge is 0.494 e. The number of hydrogen-bond donors (Lipinski definition) is 1. The van der Waals surface area contributed by atoms with Crippen LogP contribution in [0.15, 0.2) is 24.3 Å². The van der Waals surface area contributed by atoms with Crippen LogP contribution in [0.2, 0.25) is 0 Å². The second-order valence-corrected chi connectivity index (χ2v) is 7.28. The molecule has 1 N–H and O–H groups in total. The molecule has 2 atom stereocenters. The van der Waals surface area contributed by atoms with Crippen LogP contribution in [0.25, 0.3) is 0 Å². The van der Waals surface area contributed by atoms with E-state index in [1.165, 1.54) is 30.6 Å². The molecule has 0 radical (unpaired) electrons. The molecule has 1 aromatic carbocycles. The SMILES string of the molecule is CCCNC(c1ccc(OCC)cc1)C1(C)CCCS1. The third kappa shape index (κ3) is 3.70. The van der Waals surface area contributed by atoms with Gasteiger partial charge in [-0.15, -0.1) is 0 Å². The number of thioether (sulfide) groups is 1. The first-order valence-corrected chi connectivity index (χ1v) is 8.78. The summed E-state index contributed by atoms with van der Waals surface area (Å²) in [6.45, 7) is 8.47. The van der Waals surface area contributed by atoms with Gasteiger partial charge in [-0.25, -0.2) is 0 Å². The molecule has 1 fully saturated rings.